The molecule has 1 unspecified atom stereocenters. The van der Waals surface area contributed by atoms with Crippen LogP contribution in [0, 0.1) is 17.2 Å². The van der Waals surface area contributed by atoms with Crippen LogP contribution in [0.5, 0.6) is 0 Å². The third-order valence-electron chi connectivity index (χ3n) is 2.92. The summed E-state index contributed by atoms with van der Waals surface area (Å²) in [5, 5.41) is 21.0. The quantitative estimate of drug-likeness (QED) is 0.853. The highest BCUT2D eigenvalue weighted by molar-refractivity contribution is 6.34. The molecule has 1 heterocycles. The highest BCUT2D eigenvalue weighted by atomic mass is 35.5. The number of hydrogen-bond donors (Lipinski definition) is 2. The molecule has 0 saturated heterocycles. The standard InChI is InChI=1S/C12H12ClN3O2/c13-11-8(6-14)3-4-15-12(11)16-9(5-10(17)18)7-1-2-7/h3-4,7,9H,1-2,5H2,(H,15,16)(H,17,18). The number of carboxylic acid groups (broad SMARTS) is 1. The predicted octanol–water partition coefficient (Wildman–Crippen LogP) is 2.27. The predicted molar refractivity (Wildman–Crippen MR) is 66.3 cm³/mol. The van der Waals surface area contributed by atoms with Gasteiger partial charge in [0.2, 0.25) is 0 Å². The molecule has 2 N–H and O–H groups in total. The average Bonchev–Trinajstić information content (AvgIpc) is 3.14. The Labute approximate surface area is 109 Å². The van der Waals surface area contributed by atoms with E-state index in [0.717, 1.165) is 12.8 Å². The zero-order valence-corrected chi connectivity index (χ0v) is 10.3. The second-order valence-corrected chi connectivity index (χ2v) is 4.70. The van der Waals surface area contributed by atoms with Crippen LogP contribution in [0.2, 0.25) is 5.02 Å². The second kappa shape index (κ2) is 5.23. The zero-order chi connectivity index (χ0) is 13.1. The van der Waals surface area contributed by atoms with Gasteiger partial charge < -0.3 is 10.4 Å². The van der Waals surface area contributed by atoms with E-state index in [9.17, 15) is 4.79 Å². The van der Waals surface area contributed by atoms with E-state index in [1.165, 1.54) is 12.3 Å². The van der Waals surface area contributed by atoms with Crippen LogP contribution < -0.4 is 5.32 Å². The maximum Gasteiger partial charge on any atom is 0.305 e. The highest BCUT2D eigenvalue weighted by Gasteiger charge is 2.33. The Hall–Kier alpha value is -1.80. The normalized spacial score (nSPS) is 15.8. The van der Waals surface area contributed by atoms with E-state index in [1.807, 2.05) is 6.07 Å². The van der Waals surface area contributed by atoms with Gasteiger partial charge in [-0.25, -0.2) is 4.98 Å². The van der Waals surface area contributed by atoms with Crippen molar-refractivity contribution in [2.24, 2.45) is 5.92 Å². The monoisotopic (exact) mass is 265 g/mol. The lowest BCUT2D eigenvalue weighted by Crippen LogP contribution is -2.26. The van der Waals surface area contributed by atoms with E-state index in [2.05, 4.69) is 10.3 Å². The molecule has 0 radical (unpaired) electrons. The molecule has 0 bridgehead atoms. The molecule has 0 aromatic carbocycles. The van der Waals surface area contributed by atoms with Crippen LogP contribution in [0.15, 0.2) is 12.3 Å². The molecular weight excluding hydrogens is 254 g/mol. The number of pyridine rings is 1. The van der Waals surface area contributed by atoms with Crippen molar-refractivity contribution in [2.75, 3.05) is 5.32 Å². The minimum absolute atomic E-state index is 0.0272. The Morgan fingerprint density at radius 3 is 3.00 bits per heavy atom. The van der Waals surface area contributed by atoms with Crippen LogP contribution in [0.4, 0.5) is 5.82 Å². The van der Waals surface area contributed by atoms with E-state index in [0.29, 0.717) is 17.3 Å². The van der Waals surface area contributed by atoms with Crippen LogP contribution in [0.3, 0.4) is 0 Å². The number of halogens is 1. The maximum atomic E-state index is 10.8. The highest BCUT2D eigenvalue weighted by Crippen LogP contribution is 2.36. The van der Waals surface area contributed by atoms with Crippen molar-refractivity contribution in [3.63, 3.8) is 0 Å². The first-order valence-electron chi connectivity index (χ1n) is 5.64. The Morgan fingerprint density at radius 2 is 2.44 bits per heavy atom. The molecule has 1 aromatic rings. The Bertz CT molecular complexity index is 509. The fourth-order valence-electron chi connectivity index (χ4n) is 1.83. The molecule has 0 spiro atoms. The molecule has 1 aliphatic carbocycles. The number of hydrogen-bond acceptors (Lipinski definition) is 4. The SMILES string of the molecule is N#Cc1ccnc(NC(CC(=O)O)C2CC2)c1Cl. The summed E-state index contributed by atoms with van der Waals surface area (Å²) >= 11 is 6.02. The van der Waals surface area contributed by atoms with Crippen molar-refractivity contribution in [2.45, 2.75) is 25.3 Å². The van der Waals surface area contributed by atoms with Crippen molar-refractivity contribution in [3.05, 3.63) is 22.8 Å². The molecule has 1 saturated carbocycles. The first-order valence-corrected chi connectivity index (χ1v) is 6.02. The molecule has 6 heteroatoms. The number of nitrogens with zero attached hydrogens (tertiary/aromatic N) is 2. The topological polar surface area (TPSA) is 86.0 Å². The fraction of sp³-hybridized carbons (Fsp3) is 0.417. The van der Waals surface area contributed by atoms with Gasteiger partial charge in [-0.2, -0.15) is 5.26 Å². The summed E-state index contributed by atoms with van der Waals surface area (Å²) in [6.07, 6.45) is 3.54. The zero-order valence-electron chi connectivity index (χ0n) is 9.56. The number of carboxylic acids is 1. The van der Waals surface area contributed by atoms with E-state index >= 15 is 0 Å². The lowest BCUT2D eigenvalue weighted by atomic mass is 10.1. The van der Waals surface area contributed by atoms with E-state index in [1.54, 1.807) is 0 Å². The summed E-state index contributed by atoms with van der Waals surface area (Å²) in [7, 11) is 0. The van der Waals surface area contributed by atoms with Crippen LogP contribution in [0.25, 0.3) is 0 Å². The molecule has 18 heavy (non-hydrogen) atoms. The summed E-state index contributed by atoms with van der Waals surface area (Å²) in [5.41, 5.74) is 0.332. The number of aromatic nitrogens is 1. The number of carbonyl (C=O) groups is 1. The van der Waals surface area contributed by atoms with E-state index in [4.69, 9.17) is 22.0 Å². The van der Waals surface area contributed by atoms with Crippen molar-refractivity contribution in [1.82, 2.24) is 4.98 Å². The van der Waals surface area contributed by atoms with Gasteiger partial charge in [0.25, 0.3) is 0 Å². The molecule has 1 atom stereocenters. The van der Waals surface area contributed by atoms with Gasteiger partial charge in [-0.15, -0.1) is 0 Å². The summed E-state index contributed by atoms with van der Waals surface area (Å²) in [5.74, 6) is -0.120. The lowest BCUT2D eigenvalue weighted by Gasteiger charge is -2.17. The molecule has 1 aliphatic rings. The summed E-state index contributed by atoms with van der Waals surface area (Å²) in [6, 6.07) is 3.31. The van der Waals surface area contributed by atoms with Crippen molar-refractivity contribution in [3.8, 4) is 6.07 Å². The maximum absolute atomic E-state index is 10.8. The summed E-state index contributed by atoms with van der Waals surface area (Å²) < 4.78 is 0. The molecule has 0 amide bonds. The minimum atomic E-state index is -0.855. The van der Waals surface area contributed by atoms with Crippen LogP contribution in [-0.4, -0.2) is 22.1 Å². The van der Waals surface area contributed by atoms with Gasteiger partial charge in [0.15, 0.2) is 0 Å². The van der Waals surface area contributed by atoms with Gasteiger partial charge in [0, 0.05) is 12.2 Å². The van der Waals surface area contributed by atoms with Crippen LogP contribution in [-0.2, 0) is 4.79 Å². The number of nitrogens with one attached hydrogen (secondary N) is 1. The number of nitriles is 1. The number of aliphatic carboxylic acids is 1. The largest absolute Gasteiger partial charge is 0.481 e. The van der Waals surface area contributed by atoms with Crippen molar-refractivity contribution >= 4 is 23.4 Å². The third kappa shape index (κ3) is 2.90. The van der Waals surface area contributed by atoms with Crippen molar-refractivity contribution in [1.29, 1.82) is 5.26 Å². The van der Waals surface area contributed by atoms with Gasteiger partial charge in [0.05, 0.1) is 12.0 Å². The first kappa shape index (κ1) is 12.7. The van der Waals surface area contributed by atoms with Gasteiger partial charge >= 0.3 is 5.97 Å². The Balaban J connectivity index is 2.16. The van der Waals surface area contributed by atoms with Gasteiger partial charge in [-0.3, -0.25) is 4.79 Å². The average molecular weight is 266 g/mol. The molecule has 0 aliphatic heterocycles. The molecular formula is C12H12ClN3O2. The lowest BCUT2D eigenvalue weighted by molar-refractivity contribution is -0.137. The smallest absolute Gasteiger partial charge is 0.305 e. The molecule has 94 valence electrons. The molecule has 1 aromatic heterocycles. The Kier molecular flexibility index (Phi) is 3.68. The summed E-state index contributed by atoms with van der Waals surface area (Å²) in [6.45, 7) is 0. The minimum Gasteiger partial charge on any atom is -0.481 e. The molecule has 1 fully saturated rings. The van der Waals surface area contributed by atoms with Crippen LogP contribution in [0.1, 0.15) is 24.8 Å². The fourth-order valence-corrected chi connectivity index (χ4v) is 2.04. The number of anilines is 1. The second-order valence-electron chi connectivity index (χ2n) is 4.32. The Morgan fingerprint density at radius 1 is 1.72 bits per heavy atom. The van der Waals surface area contributed by atoms with Crippen LogP contribution >= 0.6 is 11.6 Å². The van der Waals surface area contributed by atoms with Gasteiger partial charge in [-0.05, 0) is 24.8 Å². The van der Waals surface area contributed by atoms with Gasteiger partial charge in [0.1, 0.15) is 16.9 Å². The van der Waals surface area contributed by atoms with E-state index in [-0.39, 0.29) is 17.5 Å². The van der Waals surface area contributed by atoms with Gasteiger partial charge in [-0.1, -0.05) is 11.6 Å². The molecule has 5 nitrogen and oxygen atoms in total. The number of rotatable bonds is 5. The third-order valence-corrected chi connectivity index (χ3v) is 3.30. The summed E-state index contributed by atoms with van der Waals surface area (Å²) in [4.78, 5) is 14.9. The molecule has 2 rings (SSSR count). The first-order chi connectivity index (χ1) is 8.61. The van der Waals surface area contributed by atoms with Crippen molar-refractivity contribution < 1.29 is 9.90 Å². The van der Waals surface area contributed by atoms with E-state index < -0.39 is 5.97 Å².